The van der Waals surface area contributed by atoms with Gasteiger partial charge in [-0.3, -0.25) is 4.98 Å². The molecular formula is C27H31FN6. The van der Waals surface area contributed by atoms with Crippen LogP contribution in [0.1, 0.15) is 18.9 Å². The second-order valence-electron chi connectivity index (χ2n) is 9.53. The van der Waals surface area contributed by atoms with Crippen LogP contribution in [0, 0.1) is 23.1 Å². The van der Waals surface area contributed by atoms with Crippen LogP contribution in [0.4, 0.5) is 21.5 Å². The van der Waals surface area contributed by atoms with E-state index in [1.54, 1.807) is 12.3 Å². The number of aromatic nitrogens is 1. The standard InChI is InChI=1S/C27H31FN6/c1-19-14-22(32(2)26-8-6-21(15-24(26)28)33-12-10-30-11-13-33)18-34(17-19)25-7-5-20(16-29)27-23(25)4-3-9-31-27/h3-9,15,19,22,30H,10-14,17-18H2,1-2H3/t19-,22+/m0/s1. The number of pyridine rings is 1. The molecule has 7 heteroatoms. The molecule has 2 aromatic carbocycles. The summed E-state index contributed by atoms with van der Waals surface area (Å²) in [7, 11) is 2.00. The zero-order valence-electron chi connectivity index (χ0n) is 19.8. The summed E-state index contributed by atoms with van der Waals surface area (Å²) in [4.78, 5) is 11.2. The number of nitrogens with one attached hydrogen (secondary N) is 1. The topological polar surface area (TPSA) is 58.4 Å². The van der Waals surface area contributed by atoms with E-state index >= 15 is 4.39 Å². The van der Waals surface area contributed by atoms with Gasteiger partial charge in [0.1, 0.15) is 11.9 Å². The Hall–Kier alpha value is -3.37. The molecule has 0 amide bonds. The highest BCUT2D eigenvalue weighted by atomic mass is 19.1. The lowest BCUT2D eigenvalue weighted by Gasteiger charge is -2.43. The van der Waals surface area contributed by atoms with Gasteiger partial charge in [-0.05, 0) is 54.8 Å². The smallest absolute Gasteiger partial charge is 0.148 e. The molecule has 0 aliphatic carbocycles. The molecule has 2 aliphatic heterocycles. The zero-order valence-corrected chi connectivity index (χ0v) is 19.8. The van der Waals surface area contributed by atoms with E-state index in [0.29, 0.717) is 17.2 Å². The molecule has 2 atom stereocenters. The Kier molecular flexibility index (Phi) is 6.25. The molecule has 1 N–H and O–H groups in total. The van der Waals surface area contributed by atoms with Crippen molar-refractivity contribution in [3.63, 3.8) is 0 Å². The van der Waals surface area contributed by atoms with Crippen molar-refractivity contribution < 1.29 is 4.39 Å². The van der Waals surface area contributed by atoms with Crippen LogP contribution < -0.4 is 20.0 Å². The first-order valence-electron chi connectivity index (χ1n) is 12.1. The lowest BCUT2D eigenvalue weighted by atomic mass is 9.93. The maximum Gasteiger partial charge on any atom is 0.148 e. The van der Waals surface area contributed by atoms with Gasteiger partial charge in [0.2, 0.25) is 0 Å². The Morgan fingerprint density at radius 1 is 1.12 bits per heavy atom. The molecule has 0 spiro atoms. The number of halogens is 1. The summed E-state index contributed by atoms with van der Waals surface area (Å²) in [5, 5.41) is 13.8. The van der Waals surface area contributed by atoms with E-state index in [-0.39, 0.29) is 11.9 Å². The largest absolute Gasteiger partial charge is 0.369 e. The molecule has 5 rings (SSSR count). The number of nitriles is 1. The van der Waals surface area contributed by atoms with Gasteiger partial charge >= 0.3 is 0 Å². The maximum atomic E-state index is 15.3. The molecule has 2 fully saturated rings. The average molecular weight is 459 g/mol. The van der Waals surface area contributed by atoms with Gasteiger partial charge in [-0.15, -0.1) is 0 Å². The van der Waals surface area contributed by atoms with E-state index in [2.05, 4.69) is 38.0 Å². The Labute approximate surface area is 200 Å². The van der Waals surface area contributed by atoms with Crippen LogP contribution in [0.2, 0.25) is 0 Å². The van der Waals surface area contributed by atoms with Crippen molar-refractivity contribution in [1.29, 1.82) is 5.26 Å². The van der Waals surface area contributed by atoms with Crippen molar-refractivity contribution in [2.24, 2.45) is 5.92 Å². The molecule has 3 heterocycles. The lowest BCUT2D eigenvalue weighted by molar-refractivity contribution is 0.390. The van der Waals surface area contributed by atoms with E-state index in [1.807, 2.05) is 43.4 Å². The maximum absolute atomic E-state index is 15.3. The normalized spacial score (nSPS) is 20.9. The highest BCUT2D eigenvalue weighted by Crippen LogP contribution is 2.34. The Morgan fingerprint density at radius 2 is 1.94 bits per heavy atom. The number of nitrogens with zero attached hydrogens (tertiary/aromatic N) is 5. The van der Waals surface area contributed by atoms with Gasteiger partial charge in [0.25, 0.3) is 0 Å². The predicted molar refractivity (Wildman–Crippen MR) is 136 cm³/mol. The van der Waals surface area contributed by atoms with Gasteiger partial charge in [0.15, 0.2) is 0 Å². The molecular weight excluding hydrogens is 427 g/mol. The summed E-state index contributed by atoms with van der Waals surface area (Å²) in [5.74, 6) is 0.281. The minimum Gasteiger partial charge on any atom is -0.369 e. The van der Waals surface area contributed by atoms with Gasteiger partial charge < -0.3 is 20.0 Å². The molecule has 0 unspecified atom stereocenters. The Bertz CT molecular complexity index is 1220. The first kappa shape index (κ1) is 22.4. The monoisotopic (exact) mass is 458 g/mol. The summed E-state index contributed by atoms with van der Waals surface area (Å²) in [6.45, 7) is 7.62. The quantitative estimate of drug-likeness (QED) is 0.638. The van der Waals surface area contributed by atoms with Gasteiger partial charge in [0.05, 0.1) is 16.8 Å². The van der Waals surface area contributed by atoms with Crippen LogP contribution in [0.3, 0.4) is 0 Å². The van der Waals surface area contributed by atoms with E-state index in [4.69, 9.17) is 0 Å². The van der Waals surface area contributed by atoms with Crippen molar-refractivity contribution in [2.45, 2.75) is 19.4 Å². The minimum absolute atomic E-state index is 0.170. The van der Waals surface area contributed by atoms with Gasteiger partial charge in [-0.1, -0.05) is 6.92 Å². The SMILES string of the molecule is C[C@H]1C[C@@H](N(C)c2ccc(N3CCNCC3)cc2F)CN(c2ccc(C#N)c3ncccc23)C1. The molecule has 2 aliphatic rings. The molecule has 0 saturated carbocycles. The second kappa shape index (κ2) is 9.47. The number of benzene rings is 2. The Balaban J connectivity index is 1.40. The van der Waals surface area contributed by atoms with Gasteiger partial charge in [-0.25, -0.2) is 4.39 Å². The van der Waals surface area contributed by atoms with Crippen LogP contribution in [0.25, 0.3) is 10.9 Å². The first-order chi connectivity index (χ1) is 16.5. The summed E-state index contributed by atoms with van der Waals surface area (Å²) >= 11 is 0. The fraction of sp³-hybridized carbons (Fsp3) is 0.407. The zero-order chi connectivity index (χ0) is 23.7. The van der Waals surface area contributed by atoms with E-state index in [9.17, 15) is 5.26 Å². The summed E-state index contributed by atoms with van der Waals surface area (Å²) in [6.07, 6.45) is 2.73. The third-order valence-electron chi connectivity index (χ3n) is 7.19. The molecule has 1 aromatic heterocycles. The molecule has 0 bridgehead atoms. The summed E-state index contributed by atoms with van der Waals surface area (Å²) < 4.78 is 15.3. The number of piperazine rings is 1. The summed E-state index contributed by atoms with van der Waals surface area (Å²) in [6, 6.07) is 15.9. The number of hydrogen-bond donors (Lipinski definition) is 1. The molecule has 2 saturated heterocycles. The van der Waals surface area contributed by atoms with Crippen molar-refractivity contribution in [3.05, 3.63) is 60.0 Å². The molecule has 176 valence electrons. The Morgan fingerprint density at radius 3 is 2.71 bits per heavy atom. The van der Waals surface area contributed by atoms with Crippen molar-refractivity contribution in [2.75, 3.05) is 61.0 Å². The highest BCUT2D eigenvalue weighted by molar-refractivity contribution is 5.95. The van der Waals surface area contributed by atoms with Crippen LogP contribution in [-0.2, 0) is 0 Å². The average Bonchev–Trinajstić information content (AvgIpc) is 2.87. The minimum atomic E-state index is -0.170. The van der Waals surface area contributed by atoms with E-state index in [1.165, 1.54) is 0 Å². The van der Waals surface area contributed by atoms with Crippen molar-refractivity contribution in [1.82, 2.24) is 10.3 Å². The molecule has 3 aromatic rings. The molecule has 6 nitrogen and oxygen atoms in total. The number of rotatable bonds is 4. The number of hydrogen-bond acceptors (Lipinski definition) is 6. The van der Waals surface area contributed by atoms with Gasteiger partial charge in [-0.2, -0.15) is 5.26 Å². The van der Waals surface area contributed by atoms with Gasteiger partial charge in [0, 0.05) is 75.3 Å². The first-order valence-corrected chi connectivity index (χ1v) is 12.1. The molecule has 0 radical (unpaired) electrons. The third kappa shape index (κ3) is 4.26. The third-order valence-corrected chi connectivity index (χ3v) is 7.19. The number of fused-ring (bicyclic) bond motifs is 1. The summed E-state index contributed by atoms with van der Waals surface area (Å²) in [5.41, 5.74) is 4.00. The van der Waals surface area contributed by atoms with Crippen LogP contribution >= 0.6 is 0 Å². The lowest BCUT2D eigenvalue weighted by Crippen LogP contribution is -2.50. The van der Waals surface area contributed by atoms with Crippen LogP contribution in [-0.4, -0.2) is 57.3 Å². The van der Waals surface area contributed by atoms with E-state index in [0.717, 1.165) is 68.0 Å². The van der Waals surface area contributed by atoms with Crippen LogP contribution in [0.15, 0.2) is 48.7 Å². The fourth-order valence-corrected chi connectivity index (χ4v) is 5.42. The highest BCUT2D eigenvalue weighted by Gasteiger charge is 2.30. The van der Waals surface area contributed by atoms with Crippen molar-refractivity contribution >= 4 is 28.0 Å². The predicted octanol–water partition coefficient (Wildman–Crippen LogP) is 4.01. The van der Waals surface area contributed by atoms with Crippen LogP contribution in [0.5, 0.6) is 0 Å². The second-order valence-corrected chi connectivity index (χ2v) is 9.53. The van der Waals surface area contributed by atoms with Crippen molar-refractivity contribution in [3.8, 4) is 6.07 Å². The molecule has 34 heavy (non-hydrogen) atoms. The van der Waals surface area contributed by atoms with E-state index < -0.39 is 0 Å². The number of piperidine rings is 1. The fourth-order valence-electron chi connectivity index (χ4n) is 5.42. The number of likely N-dealkylation sites (N-methyl/N-ethyl adjacent to an activating group) is 1. The number of anilines is 3.